The van der Waals surface area contributed by atoms with E-state index in [1.54, 1.807) is 0 Å². The minimum absolute atomic E-state index is 0.0189. The molecule has 1 heterocycles. The Hall–Kier alpha value is -0.900. The van der Waals surface area contributed by atoms with Crippen molar-refractivity contribution >= 4 is 0 Å². The van der Waals surface area contributed by atoms with E-state index < -0.39 is 0 Å². The van der Waals surface area contributed by atoms with Crippen molar-refractivity contribution in [2.45, 2.75) is 44.8 Å². The van der Waals surface area contributed by atoms with Crippen LogP contribution in [0.3, 0.4) is 0 Å². The molecule has 0 aliphatic carbocycles. The monoisotopic (exact) mass is 276 g/mol. The van der Waals surface area contributed by atoms with Gasteiger partial charge in [-0.15, -0.1) is 0 Å². The molecule has 0 amide bonds. The SMILES string of the molecule is COC1(C)CCCN(CCC(N)c2ccccc2C)C1. The number of hydrogen-bond acceptors (Lipinski definition) is 3. The molecular weight excluding hydrogens is 248 g/mol. The molecule has 1 aliphatic rings. The van der Waals surface area contributed by atoms with E-state index in [4.69, 9.17) is 10.5 Å². The van der Waals surface area contributed by atoms with Crippen LogP contribution in [0.5, 0.6) is 0 Å². The highest BCUT2D eigenvalue weighted by atomic mass is 16.5. The van der Waals surface area contributed by atoms with Crippen LogP contribution in [0, 0.1) is 6.92 Å². The second-order valence-electron chi connectivity index (χ2n) is 6.29. The Kier molecular flexibility index (Phi) is 5.19. The lowest BCUT2D eigenvalue weighted by Gasteiger charge is -2.39. The molecule has 0 saturated carbocycles. The van der Waals surface area contributed by atoms with E-state index in [2.05, 4.69) is 43.0 Å². The van der Waals surface area contributed by atoms with Crippen LogP contribution in [-0.2, 0) is 4.74 Å². The zero-order valence-corrected chi connectivity index (χ0v) is 13.1. The predicted molar refractivity (Wildman–Crippen MR) is 83.8 cm³/mol. The highest BCUT2D eigenvalue weighted by Crippen LogP contribution is 2.25. The number of piperidine rings is 1. The maximum atomic E-state index is 6.36. The van der Waals surface area contributed by atoms with Crippen molar-refractivity contribution in [1.82, 2.24) is 4.90 Å². The Morgan fingerprint density at radius 3 is 2.85 bits per heavy atom. The highest BCUT2D eigenvalue weighted by molar-refractivity contribution is 5.28. The fraction of sp³-hybridized carbons (Fsp3) is 0.647. The summed E-state index contributed by atoms with van der Waals surface area (Å²) in [6.07, 6.45) is 3.37. The molecule has 0 spiro atoms. The summed E-state index contributed by atoms with van der Waals surface area (Å²) in [4.78, 5) is 2.49. The first-order valence-electron chi connectivity index (χ1n) is 7.63. The van der Waals surface area contributed by atoms with E-state index in [0.29, 0.717) is 0 Å². The van der Waals surface area contributed by atoms with Gasteiger partial charge in [-0.05, 0) is 50.8 Å². The van der Waals surface area contributed by atoms with Crippen LogP contribution in [0.2, 0.25) is 0 Å². The molecule has 1 aromatic carbocycles. The molecule has 2 N–H and O–H groups in total. The summed E-state index contributed by atoms with van der Waals surface area (Å²) < 4.78 is 5.65. The summed E-state index contributed by atoms with van der Waals surface area (Å²) >= 11 is 0. The van der Waals surface area contributed by atoms with Crippen molar-refractivity contribution in [3.8, 4) is 0 Å². The van der Waals surface area contributed by atoms with Crippen molar-refractivity contribution in [3.05, 3.63) is 35.4 Å². The van der Waals surface area contributed by atoms with E-state index >= 15 is 0 Å². The lowest BCUT2D eigenvalue weighted by molar-refractivity contribution is -0.0510. The van der Waals surface area contributed by atoms with Gasteiger partial charge in [0.1, 0.15) is 0 Å². The fourth-order valence-corrected chi connectivity index (χ4v) is 3.15. The summed E-state index contributed by atoms with van der Waals surface area (Å²) in [5, 5.41) is 0. The molecule has 20 heavy (non-hydrogen) atoms. The number of hydrogen-bond donors (Lipinski definition) is 1. The summed E-state index contributed by atoms with van der Waals surface area (Å²) in [5.74, 6) is 0. The number of ether oxygens (including phenoxy) is 1. The third kappa shape index (κ3) is 3.81. The second-order valence-corrected chi connectivity index (χ2v) is 6.29. The molecule has 112 valence electrons. The zero-order valence-electron chi connectivity index (χ0n) is 13.1. The lowest BCUT2D eigenvalue weighted by Crippen LogP contribution is -2.47. The van der Waals surface area contributed by atoms with Gasteiger partial charge in [-0.3, -0.25) is 0 Å². The number of aryl methyl sites for hydroxylation is 1. The smallest absolute Gasteiger partial charge is 0.0777 e. The second kappa shape index (κ2) is 6.70. The number of benzene rings is 1. The maximum Gasteiger partial charge on any atom is 0.0777 e. The topological polar surface area (TPSA) is 38.5 Å². The van der Waals surface area contributed by atoms with E-state index in [0.717, 1.165) is 25.9 Å². The van der Waals surface area contributed by atoms with Crippen LogP contribution < -0.4 is 5.73 Å². The Bertz CT molecular complexity index is 435. The molecule has 1 aliphatic heterocycles. The average molecular weight is 276 g/mol. The highest BCUT2D eigenvalue weighted by Gasteiger charge is 2.30. The number of likely N-dealkylation sites (tertiary alicyclic amines) is 1. The van der Waals surface area contributed by atoms with Crippen LogP contribution in [0.4, 0.5) is 0 Å². The minimum Gasteiger partial charge on any atom is -0.377 e. The molecule has 1 saturated heterocycles. The molecule has 3 nitrogen and oxygen atoms in total. The van der Waals surface area contributed by atoms with Crippen LogP contribution in [0.25, 0.3) is 0 Å². The average Bonchev–Trinajstić information content (AvgIpc) is 2.45. The molecule has 2 rings (SSSR count). The largest absolute Gasteiger partial charge is 0.377 e. The first-order valence-corrected chi connectivity index (χ1v) is 7.63. The Labute approximate surface area is 123 Å². The van der Waals surface area contributed by atoms with Gasteiger partial charge in [0.15, 0.2) is 0 Å². The van der Waals surface area contributed by atoms with Crippen molar-refractivity contribution in [2.24, 2.45) is 5.73 Å². The van der Waals surface area contributed by atoms with Crippen LogP contribution >= 0.6 is 0 Å². The Balaban J connectivity index is 1.87. The summed E-state index contributed by atoms with van der Waals surface area (Å²) in [6, 6.07) is 8.56. The number of rotatable bonds is 5. The van der Waals surface area contributed by atoms with Gasteiger partial charge in [0.05, 0.1) is 5.60 Å². The summed E-state index contributed by atoms with van der Waals surface area (Å²) in [5.41, 5.74) is 8.94. The first kappa shape index (κ1) is 15.5. The van der Waals surface area contributed by atoms with Crippen molar-refractivity contribution in [2.75, 3.05) is 26.7 Å². The fourth-order valence-electron chi connectivity index (χ4n) is 3.15. The molecule has 1 aromatic rings. The van der Waals surface area contributed by atoms with Gasteiger partial charge in [-0.2, -0.15) is 0 Å². The Morgan fingerprint density at radius 1 is 1.40 bits per heavy atom. The number of nitrogens with two attached hydrogens (primary N) is 1. The minimum atomic E-state index is 0.0189. The summed E-state index contributed by atoms with van der Waals surface area (Å²) in [7, 11) is 1.82. The molecule has 1 fully saturated rings. The van der Waals surface area contributed by atoms with Crippen molar-refractivity contribution in [3.63, 3.8) is 0 Å². The van der Waals surface area contributed by atoms with Gasteiger partial charge in [-0.25, -0.2) is 0 Å². The molecule has 0 bridgehead atoms. The van der Waals surface area contributed by atoms with E-state index in [-0.39, 0.29) is 11.6 Å². The van der Waals surface area contributed by atoms with Gasteiger partial charge < -0.3 is 15.4 Å². The third-order valence-corrected chi connectivity index (χ3v) is 4.58. The molecule has 2 unspecified atom stereocenters. The Morgan fingerprint density at radius 2 is 2.15 bits per heavy atom. The third-order valence-electron chi connectivity index (χ3n) is 4.58. The zero-order chi connectivity index (χ0) is 14.6. The molecule has 0 aromatic heterocycles. The molecule has 3 heteroatoms. The van der Waals surface area contributed by atoms with Crippen LogP contribution in [0.1, 0.15) is 43.4 Å². The van der Waals surface area contributed by atoms with Crippen LogP contribution in [-0.4, -0.2) is 37.2 Å². The first-order chi connectivity index (χ1) is 9.54. The molecule has 2 atom stereocenters. The van der Waals surface area contributed by atoms with E-state index in [9.17, 15) is 0 Å². The van der Waals surface area contributed by atoms with Gasteiger partial charge in [0.25, 0.3) is 0 Å². The lowest BCUT2D eigenvalue weighted by atomic mass is 9.94. The van der Waals surface area contributed by atoms with Gasteiger partial charge in [0, 0.05) is 26.2 Å². The van der Waals surface area contributed by atoms with Crippen molar-refractivity contribution in [1.29, 1.82) is 0 Å². The molecular formula is C17H28N2O. The van der Waals surface area contributed by atoms with Crippen LogP contribution in [0.15, 0.2) is 24.3 Å². The van der Waals surface area contributed by atoms with Crippen molar-refractivity contribution < 1.29 is 4.74 Å². The van der Waals surface area contributed by atoms with Gasteiger partial charge in [0.2, 0.25) is 0 Å². The predicted octanol–water partition coefficient (Wildman–Crippen LogP) is 2.89. The standard InChI is InChI=1S/C17H28N2O/c1-14-7-4-5-8-15(14)16(18)9-12-19-11-6-10-17(2,13-19)20-3/h4-5,7-8,16H,6,9-13,18H2,1-3H3. The number of methoxy groups -OCH3 is 1. The molecule has 0 radical (unpaired) electrons. The van der Waals surface area contributed by atoms with E-state index in [1.807, 2.05) is 7.11 Å². The van der Waals surface area contributed by atoms with E-state index in [1.165, 1.54) is 24.1 Å². The maximum absolute atomic E-state index is 6.36. The quantitative estimate of drug-likeness (QED) is 0.898. The summed E-state index contributed by atoms with van der Waals surface area (Å²) in [6.45, 7) is 7.58. The number of nitrogens with zero attached hydrogens (tertiary/aromatic N) is 1. The normalized spacial score (nSPS) is 25.6. The van der Waals surface area contributed by atoms with Gasteiger partial charge >= 0.3 is 0 Å². The van der Waals surface area contributed by atoms with Gasteiger partial charge in [-0.1, -0.05) is 24.3 Å².